The van der Waals surface area contributed by atoms with Crippen LogP contribution in [0.1, 0.15) is 31.4 Å². The number of nitrogens with one attached hydrogen (secondary N) is 1. The summed E-state index contributed by atoms with van der Waals surface area (Å²) in [5.41, 5.74) is 1.00. The second kappa shape index (κ2) is 4.84. The molecular weight excluding hydrogens is 200 g/mol. The molecule has 16 heavy (non-hydrogen) atoms. The molecule has 2 rings (SSSR count). The quantitative estimate of drug-likeness (QED) is 0.851. The number of hydrogen-bond acceptors (Lipinski definition) is 3. The minimum Gasteiger partial charge on any atom is -0.464 e. The van der Waals surface area contributed by atoms with Crippen molar-refractivity contribution in [2.24, 2.45) is 0 Å². The Labute approximate surface area is 95.5 Å². The number of pyridine rings is 1. The summed E-state index contributed by atoms with van der Waals surface area (Å²) in [6.45, 7) is 4.16. The van der Waals surface area contributed by atoms with Crippen molar-refractivity contribution in [1.29, 1.82) is 0 Å². The van der Waals surface area contributed by atoms with Gasteiger partial charge in [-0.3, -0.25) is 4.98 Å². The predicted molar refractivity (Wildman–Crippen MR) is 64.4 cm³/mol. The largest absolute Gasteiger partial charge is 0.464 e. The first kappa shape index (κ1) is 10.7. The molecule has 0 aliphatic heterocycles. The van der Waals surface area contributed by atoms with E-state index in [4.69, 9.17) is 4.42 Å². The topological polar surface area (TPSA) is 38.1 Å². The normalized spacial score (nSPS) is 12.4. The summed E-state index contributed by atoms with van der Waals surface area (Å²) in [4.78, 5) is 4.06. The fourth-order valence-electron chi connectivity index (χ4n) is 1.59. The molecule has 2 heterocycles. The SMILES string of the molecule is CCc1ccc(C(C)Nc2cccnc2)o1. The minimum atomic E-state index is 0.157. The van der Waals surface area contributed by atoms with Gasteiger partial charge in [0.1, 0.15) is 11.5 Å². The van der Waals surface area contributed by atoms with Crippen LogP contribution in [0.5, 0.6) is 0 Å². The van der Waals surface area contributed by atoms with Crippen molar-refractivity contribution >= 4 is 5.69 Å². The van der Waals surface area contributed by atoms with E-state index >= 15 is 0 Å². The number of aromatic nitrogens is 1. The van der Waals surface area contributed by atoms with E-state index in [-0.39, 0.29) is 6.04 Å². The summed E-state index contributed by atoms with van der Waals surface area (Å²) in [5.74, 6) is 1.98. The van der Waals surface area contributed by atoms with E-state index < -0.39 is 0 Å². The molecule has 1 atom stereocenters. The number of anilines is 1. The molecule has 3 heteroatoms. The van der Waals surface area contributed by atoms with Crippen molar-refractivity contribution in [2.75, 3.05) is 5.32 Å². The first-order valence-electron chi connectivity index (χ1n) is 5.54. The van der Waals surface area contributed by atoms with Crippen LogP contribution in [0.15, 0.2) is 41.1 Å². The summed E-state index contributed by atoms with van der Waals surface area (Å²) in [7, 11) is 0. The van der Waals surface area contributed by atoms with Gasteiger partial charge >= 0.3 is 0 Å². The third kappa shape index (κ3) is 2.42. The molecule has 3 nitrogen and oxygen atoms in total. The lowest BCUT2D eigenvalue weighted by atomic mass is 10.2. The van der Waals surface area contributed by atoms with Crippen LogP contribution in [0, 0.1) is 0 Å². The van der Waals surface area contributed by atoms with E-state index in [2.05, 4.69) is 24.1 Å². The van der Waals surface area contributed by atoms with Crippen molar-refractivity contribution in [3.63, 3.8) is 0 Å². The highest BCUT2D eigenvalue weighted by Gasteiger charge is 2.09. The van der Waals surface area contributed by atoms with E-state index in [1.807, 2.05) is 24.3 Å². The van der Waals surface area contributed by atoms with Crippen molar-refractivity contribution < 1.29 is 4.42 Å². The lowest BCUT2D eigenvalue weighted by Gasteiger charge is -2.12. The first-order valence-corrected chi connectivity index (χ1v) is 5.54. The molecule has 2 aromatic rings. The third-order valence-electron chi connectivity index (χ3n) is 2.50. The number of rotatable bonds is 4. The molecule has 84 valence electrons. The molecule has 0 spiro atoms. The molecule has 0 aliphatic rings. The smallest absolute Gasteiger partial charge is 0.126 e. The maximum atomic E-state index is 5.68. The fraction of sp³-hybridized carbons (Fsp3) is 0.308. The van der Waals surface area contributed by atoms with E-state index in [0.717, 1.165) is 23.6 Å². The van der Waals surface area contributed by atoms with Crippen LogP contribution >= 0.6 is 0 Å². The molecule has 0 aromatic carbocycles. The summed E-state index contributed by atoms with van der Waals surface area (Å²) in [6.07, 6.45) is 4.50. The van der Waals surface area contributed by atoms with Gasteiger partial charge in [0.05, 0.1) is 11.7 Å². The van der Waals surface area contributed by atoms with Crippen LogP contribution in [0.4, 0.5) is 5.69 Å². The van der Waals surface area contributed by atoms with Crippen molar-refractivity contribution in [3.05, 3.63) is 48.2 Å². The van der Waals surface area contributed by atoms with Crippen molar-refractivity contribution in [1.82, 2.24) is 4.98 Å². The summed E-state index contributed by atoms with van der Waals surface area (Å²) in [5, 5.41) is 3.34. The van der Waals surface area contributed by atoms with Crippen molar-refractivity contribution in [2.45, 2.75) is 26.3 Å². The number of furan rings is 1. The Morgan fingerprint density at radius 1 is 1.38 bits per heavy atom. The van der Waals surface area contributed by atoms with Crippen LogP contribution in [0.3, 0.4) is 0 Å². The molecule has 0 radical (unpaired) electrons. The zero-order chi connectivity index (χ0) is 11.4. The van der Waals surface area contributed by atoms with Gasteiger partial charge in [-0.2, -0.15) is 0 Å². The molecule has 1 unspecified atom stereocenters. The number of hydrogen-bond donors (Lipinski definition) is 1. The van der Waals surface area contributed by atoms with Gasteiger partial charge in [0.2, 0.25) is 0 Å². The van der Waals surface area contributed by atoms with Crippen LogP contribution in [-0.4, -0.2) is 4.98 Å². The molecule has 0 amide bonds. The van der Waals surface area contributed by atoms with E-state index in [1.54, 1.807) is 12.4 Å². The van der Waals surface area contributed by atoms with Gasteiger partial charge in [-0.1, -0.05) is 6.92 Å². The predicted octanol–water partition coefficient (Wildman–Crippen LogP) is 3.41. The summed E-state index contributed by atoms with van der Waals surface area (Å²) in [6, 6.07) is 8.11. The molecular formula is C13H16N2O. The van der Waals surface area contributed by atoms with E-state index in [1.165, 1.54) is 0 Å². The zero-order valence-electron chi connectivity index (χ0n) is 9.60. The maximum Gasteiger partial charge on any atom is 0.126 e. The third-order valence-corrected chi connectivity index (χ3v) is 2.50. The summed E-state index contributed by atoms with van der Waals surface area (Å²) >= 11 is 0. The Hall–Kier alpha value is -1.77. The molecule has 0 saturated heterocycles. The maximum absolute atomic E-state index is 5.68. The Balaban J connectivity index is 2.05. The molecule has 0 aliphatic carbocycles. The second-order valence-electron chi connectivity index (χ2n) is 3.77. The summed E-state index contributed by atoms with van der Waals surface area (Å²) < 4.78 is 5.68. The molecule has 1 N–H and O–H groups in total. The average Bonchev–Trinajstić information content (AvgIpc) is 2.79. The van der Waals surface area contributed by atoms with Gasteiger partial charge in [0.25, 0.3) is 0 Å². The van der Waals surface area contributed by atoms with E-state index in [9.17, 15) is 0 Å². The van der Waals surface area contributed by atoms with Crippen LogP contribution < -0.4 is 5.32 Å². The van der Waals surface area contributed by atoms with E-state index in [0.29, 0.717) is 0 Å². The van der Waals surface area contributed by atoms with Gasteiger partial charge in [0.15, 0.2) is 0 Å². The number of nitrogens with zero attached hydrogens (tertiary/aromatic N) is 1. The van der Waals surface area contributed by atoms with Gasteiger partial charge < -0.3 is 9.73 Å². The minimum absolute atomic E-state index is 0.157. The van der Waals surface area contributed by atoms with Crippen LogP contribution in [0.25, 0.3) is 0 Å². The lowest BCUT2D eigenvalue weighted by Crippen LogP contribution is -2.05. The standard InChI is InChI=1S/C13H16N2O/c1-3-12-6-7-13(16-12)10(2)15-11-5-4-8-14-9-11/h4-10,15H,3H2,1-2H3. The number of aryl methyl sites for hydroxylation is 1. The second-order valence-corrected chi connectivity index (χ2v) is 3.77. The van der Waals surface area contributed by atoms with Gasteiger partial charge in [-0.25, -0.2) is 0 Å². The molecule has 2 aromatic heterocycles. The highest BCUT2D eigenvalue weighted by Crippen LogP contribution is 2.20. The van der Waals surface area contributed by atoms with Crippen LogP contribution in [0.2, 0.25) is 0 Å². The zero-order valence-corrected chi connectivity index (χ0v) is 9.60. The monoisotopic (exact) mass is 216 g/mol. The lowest BCUT2D eigenvalue weighted by molar-refractivity contribution is 0.454. The Morgan fingerprint density at radius 3 is 2.88 bits per heavy atom. The Kier molecular flexibility index (Phi) is 3.25. The molecule has 0 bridgehead atoms. The van der Waals surface area contributed by atoms with Crippen LogP contribution in [-0.2, 0) is 6.42 Å². The molecule has 0 fully saturated rings. The van der Waals surface area contributed by atoms with Gasteiger partial charge in [0, 0.05) is 18.8 Å². The average molecular weight is 216 g/mol. The highest BCUT2D eigenvalue weighted by atomic mass is 16.3. The van der Waals surface area contributed by atoms with Gasteiger partial charge in [-0.15, -0.1) is 0 Å². The Bertz CT molecular complexity index is 436. The fourth-order valence-corrected chi connectivity index (χ4v) is 1.59. The Morgan fingerprint density at radius 2 is 2.25 bits per heavy atom. The first-order chi connectivity index (χ1) is 7.79. The highest BCUT2D eigenvalue weighted by molar-refractivity contribution is 5.41. The molecule has 0 saturated carbocycles. The van der Waals surface area contributed by atoms with Gasteiger partial charge in [-0.05, 0) is 31.2 Å². The van der Waals surface area contributed by atoms with Crippen molar-refractivity contribution in [3.8, 4) is 0 Å².